The van der Waals surface area contributed by atoms with Crippen LogP contribution in [-0.2, 0) is 17.6 Å². The average Bonchev–Trinajstić information content (AvgIpc) is 2.53. The molecule has 3 heteroatoms. The molecule has 116 valence electrons. The van der Waals surface area contributed by atoms with Crippen molar-refractivity contribution in [1.29, 1.82) is 0 Å². The fourth-order valence-electron chi connectivity index (χ4n) is 2.64. The van der Waals surface area contributed by atoms with Gasteiger partial charge in [-0.25, -0.2) is 0 Å². The molecule has 0 aliphatic carbocycles. The molecule has 0 amide bonds. The zero-order valence-corrected chi connectivity index (χ0v) is 13.3. The Labute approximate surface area is 131 Å². The molecule has 1 N–H and O–H groups in total. The predicted molar refractivity (Wildman–Crippen MR) is 87.6 cm³/mol. The number of rotatable bonds is 6. The zero-order chi connectivity index (χ0) is 16.1. The lowest BCUT2D eigenvalue weighted by Gasteiger charge is -2.16. The zero-order valence-electron chi connectivity index (χ0n) is 13.3. The monoisotopic (exact) mass is 298 g/mol. The highest BCUT2D eigenvalue weighted by atomic mass is 16.5. The number of aliphatic carboxylic acids is 1. The number of carboxylic acid groups (broad SMARTS) is 1. The van der Waals surface area contributed by atoms with Gasteiger partial charge in [-0.15, -0.1) is 0 Å². The van der Waals surface area contributed by atoms with Crippen LogP contribution < -0.4 is 4.74 Å². The Kier molecular flexibility index (Phi) is 5.21. The van der Waals surface area contributed by atoms with Crippen LogP contribution in [0.4, 0.5) is 0 Å². The molecule has 0 aliphatic heterocycles. The summed E-state index contributed by atoms with van der Waals surface area (Å²) in [6, 6.07) is 13.7. The molecule has 0 bridgehead atoms. The molecule has 0 radical (unpaired) electrons. The van der Waals surface area contributed by atoms with E-state index in [-0.39, 0.29) is 0 Å². The van der Waals surface area contributed by atoms with Crippen molar-refractivity contribution in [2.24, 2.45) is 0 Å². The Balaban J connectivity index is 2.28. The third kappa shape index (κ3) is 3.67. The summed E-state index contributed by atoms with van der Waals surface area (Å²) in [4.78, 5) is 11.7. The highest BCUT2D eigenvalue weighted by Gasteiger charge is 2.22. The van der Waals surface area contributed by atoms with Crippen molar-refractivity contribution in [1.82, 2.24) is 0 Å². The summed E-state index contributed by atoms with van der Waals surface area (Å²) in [5.74, 6) is -0.594. The van der Waals surface area contributed by atoms with Crippen LogP contribution in [0.25, 0.3) is 0 Å². The van der Waals surface area contributed by atoms with E-state index in [1.807, 2.05) is 37.3 Å². The Bertz CT molecular complexity index is 644. The fourth-order valence-corrected chi connectivity index (χ4v) is 2.64. The number of benzene rings is 2. The van der Waals surface area contributed by atoms with Crippen molar-refractivity contribution >= 4 is 5.97 Å². The molecule has 22 heavy (non-hydrogen) atoms. The average molecular weight is 298 g/mol. The quantitative estimate of drug-likeness (QED) is 0.877. The number of methoxy groups -OCH3 is 1. The first-order valence-corrected chi connectivity index (χ1v) is 7.50. The molecule has 2 aromatic rings. The summed E-state index contributed by atoms with van der Waals surface area (Å²) in [7, 11) is 1.61. The molecule has 0 aromatic heterocycles. The minimum atomic E-state index is -0.798. The van der Waals surface area contributed by atoms with Crippen molar-refractivity contribution in [2.45, 2.75) is 32.6 Å². The smallest absolute Gasteiger partial charge is 0.311 e. The second-order valence-electron chi connectivity index (χ2n) is 5.49. The highest BCUT2D eigenvalue weighted by molar-refractivity contribution is 5.77. The second-order valence-corrected chi connectivity index (χ2v) is 5.49. The minimum Gasteiger partial charge on any atom is -0.497 e. The molecule has 0 spiro atoms. The molecule has 2 aromatic carbocycles. The van der Waals surface area contributed by atoms with Crippen LogP contribution in [0.3, 0.4) is 0 Å². The predicted octanol–water partition coefficient (Wildman–Crippen LogP) is 3.98. The summed E-state index contributed by atoms with van der Waals surface area (Å²) in [6.45, 7) is 4.03. The van der Waals surface area contributed by atoms with Gasteiger partial charge in [0.2, 0.25) is 0 Å². The van der Waals surface area contributed by atoms with Gasteiger partial charge in [0.15, 0.2) is 0 Å². The lowest BCUT2D eigenvalue weighted by Crippen LogP contribution is -2.15. The lowest BCUT2D eigenvalue weighted by molar-refractivity contribution is -0.138. The minimum absolute atomic E-state index is 0.493. The molecule has 3 nitrogen and oxygen atoms in total. The van der Waals surface area contributed by atoms with Crippen LogP contribution in [0.5, 0.6) is 5.75 Å². The number of hydrogen-bond donors (Lipinski definition) is 1. The molecule has 1 unspecified atom stereocenters. The van der Waals surface area contributed by atoms with Gasteiger partial charge in [-0.3, -0.25) is 4.79 Å². The molecule has 0 saturated carbocycles. The van der Waals surface area contributed by atoms with E-state index in [1.54, 1.807) is 7.11 Å². The Morgan fingerprint density at radius 1 is 1.14 bits per heavy atom. The molecule has 0 aliphatic rings. The SMILES string of the molecule is CCc1ccc(CC(C(=O)O)c2ccc(OC)cc2C)cc1. The second kappa shape index (κ2) is 7.12. The molecular weight excluding hydrogens is 276 g/mol. The molecular formula is C19H22O3. The largest absolute Gasteiger partial charge is 0.497 e. The van der Waals surface area contributed by atoms with Crippen LogP contribution in [0.15, 0.2) is 42.5 Å². The van der Waals surface area contributed by atoms with Gasteiger partial charge in [0.1, 0.15) is 5.75 Å². The van der Waals surface area contributed by atoms with Crippen LogP contribution in [0, 0.1) is 6.92 Å². The van der Waals surface area contributed by atoms with Gasteiger partial charge < -0.3 is 9.84 Å². The molecule has 0 fully saturated rings. The van der Waals surface area contributed by atoms with E-state index in [0.29, 0.717) is 6.42 Å². The van der Waals surface area contributed by atoms with E-state index in [9.17, 15) is 9.90 Å². The van der Waals surface area contributed by atoms with Crippen LogP contribution >= 0.6 is 0 Å². The maximum absolute atomic E-state index is 11.7. The van der Waals surface area contributed by atoms with E-state index < -0.39 is 11.9 Å². The normalized spacial score (nSPS) is 12.0. The van der Waals surface area contributed by atoms with Gasteiger partial charge in [0, 0.05) is 0 Å². The third-order valence-electron chi connectivity index (χ3n) is 4.02. The number of aryl methyl sites for hydroxylation is 2. The van der Waals surface area contributed by atoms with Crippen LogP contribution in [-0.4, -0.2) is 18.2 Å². The van der Waals surface area contributed by atoms with Crippen molar-refractivity contribution in [3.8, 4) is 5.75 Å². The summed E-state index contributed by atoms with van der Waals surface area (Å²) in [5.41, 5.74) is 4.08. The van der Waals surface area contributed by atoms with Crippen molar-refractivity contribution in [2.75, 3.05) is 7.11 Å². The first-order chi connectivity index (χ1) is 10.5. The fraction of sp³-hybridized carbons (Fsp3) is 0.316. The summed E-state index contributed by atoms with van der Waals surface area (Å²) in [5, 5.41) is 9.61. The maximum atomic E-state index is 11.7. The van der Waals surface area contributed by atoms with Crippen LogP contribution in [0.2, 0.25) is 0 Å². The first kappa shape index (κ1) is 16.1. The van der Waals surface area contributed by atoms with Crippen molar-refractivity contribution < 1.29 is 14.6 Å². The van der Waals surface area contributed by atoms with Crippen molar-refractivity contribution in [3.05, 3.63) is 64.7 Å². The Morgan fingerprint density at radius 3 is 2.27 bits per heavy atom. The molecule has 1 atom stereocenters. The number of ether oxygens (including phenoxy) is 1. The standard InChI is InChI=1S/C19H22O3/c1-4-14-5-7-15(8-6-14)12-18(19(20)21)17-10-9-16(22-3)11-13(17)2/h5-11,18H,4,12H2,1-3H3,(H,20,21). The van der Waals surface area contributed by atoms with Gasteiger partial charge in [-0.1, -0.05) is 37.3 Å². The van der Waals surface area contributed by atoms with E-state index in [1.165, 1.54) is 5.56 Å². The maximum Gasteiger partial charge on any atom is 0.311 e. The van der Waals surface area contributed by atoms with E-state index in [2.05, 4.69) is 19.1 Å². The summed E-state index contributed by atoms with van der Waals surface area (Å²) < 4.78 is 5.19. The summed E-state index contributed by atoms with van der Waals surface area (Å²) >= 11 is 0. The first-order valence-electron chi connectivity index (χ1n) is 7.50. The summed E-state index contributed by atoms with van der Waals surface area (Å²) in [6.07, 6.45) is 1.48. The molecule has 2 rings (SSSR count). The van der Waals surface area contributed by atoms with Gasteiger partial charge in [-0.05, 0) is 54.2 Å². The van der Waals surface area contributed by atoms with Crippen molar-refractivity contribution in [3.63, 3.8) is 0 Å². The molecule has 0 saturated heterocycles. The van der Waals surface area contributed by atoms with Gasteiger partial charge in [0.25, 0.3) is 0 Å². The Hall–Kier alpha value is -2.29. The number of hydrogen-bond acceptors (Lipinski definition) is 2. The van der Waals surface area contributed by atoms with Gasteiger partial charge in [-0.2, -0.15) is 0 Å². The number of carbonyl (C=O) groups is 1. The lowest BCUT2D eigenvalue weighted by atomic mass is 9.89. The van der Waals surface area contributed by atoms with Gasteiger partial charge in [0.05, 0.1) is 13.0 Å². The topological polar surface area (TPSA) is 46.5 Å². The highest BCUT2D eigenvalue weighted by Crippen LogP contribution is 2.27. The Morgan fingerprint density at radius 2 is 1.77 bits per heavy atom. The molecule has 0 heterocycles. The van der Waals surface area contributed by atoms with E-state index in [4.69, 9.17) is 4.74 Å². The number of carboxylic acids is 1. The third-order valence-corrected chi connectivity index (χ3v) is 4.02. The van der Waals surface area contributed by atoms with Gasteiger partial charge >= 0.3 is 5.97 Å². The van der Waals surface area contributed by atoms with E-state index in [0.717, 1.165) is 28.9 Å². The van der Waals surface area contributed by atoms with E-state index >= 15 is 0 Å². The van der Waals surface area contributed by atoms with Crippen LogP contribution in [0.1, 0.15) is 35.1 Å².